The second kappa shape index (κ2) is 11.4. The molecule has 1 fully saturated rings. The molecule has 2 aromatic carbocycles. The van der Waals surface area contributed by atoms with E-state index in [4.69, 9.17) is 4.74 Å². The van der Waals surface area contributed by atoms with Crippen molar-refractivity contribution in [3.63, 3.8) is 0 Å². The van der Waals surface area contributed by atoms with Crippen LogP contribution >= 0.6 is 11.8 Å². The SMILES string of the molecule is COc1ccccc1CC(=O)N1CCC(NC(=O)c2cccnc2Sc2ccc(C)cc2C)CC1. The molecule has 0 saturated carbocycles. The van der Waals surface area contributed by atoms with Crippen molar-refractivity contribution in [2.45, 2.75) is 49.1 Å². The van der Waals surface area contributed by atoms with Crippen LogP contribution in [0.3, 0.4) is 0 Å². The van der Waals surface area contributed by atoms with Gasteiger partial charge in [0.15, 0.2) is 0 Å². The van der Waals surface area contributed by atoms with Gasteiger partial charge in [0.05, 0.1) is 19.1 Å². The minimum absolute atomic E-state index is 0.0250. The van der Waals surface area contributed by atoms with E-state index in [9.17, 15) is 9.59 Å². The van der Waals surface area contributed by atoms with E-state index in [-0.39, 0.29) is 17.9 Å². The first kappa shape index (κ1) is 24.8. The Morgan fingerprint density at radius 3 is 2.60 bits per heavy atom. The molecule has 1 aliphatic heterocycles. The van der Waals surface area contributed by atoms with Crippen LogP contribution in [0.25, 0.3) is 0 Å². The lowest BCUT2D eigenvalue weighted by Gasteiger charge is -2.32. The van der Waals surface area contributed by atoms with Gasteiger partial charge >= 0.3 is 0 Å². The van der Waals surface area contributed by atoms with Gasteiger partial charge in [0, 0.05) is 35.8 Å². The van der Waals surface area contributed by atoms with Crippen molar-refractivity contribution in [2.24, 2.45) is 0 Å². The molecule has 0 atom stereocenters. The van der Waals surface area contributed by atoms with Crippen LogP contribution in [0.5, 0.6) is 5.75 Å². The molecule has 2 amide bonds. The first-order chi connectivity index (χ1) is 16.9. The highest BCUT2D eigenvalue weighted by molar-refractivity contribution is 7.99. The van der Waals surface area contributed by atoms with Gasteiger partial charge in [-0.15, -0.1) is 0 Å². The number of hydrogen-bond donors (Lipinski definition) is 1. The fourth-order valence-corrected chi connectivity index (χ4v) is 5.27. The zero-order valence-corrected chi connectivity index (χ0v) is 21.2. The van der Waals surface area contributed by atoms with Gasteiger partial charge in [-0.05, 0) is 56.5 Å². The van der Waals surface area contributed by atoms with E-state index in [2.05, 4.69) is 42.3 Å². The number of aromatic nitrogens is 1. The second-order valence-electron chi connectivity index (χ2n) is 8.84. The van der Waals surface area contributed by atoms with Crippen molar-refractivity contribution in [1.29, 1.82) is 0 Å². The summed E-state index contributed by atoms with van der Waals surface area (Å²) in [5, 5.41) is 3.86. The lowest BCUT2D eigenvalue weighted by atomic mass is 10.0. The summed E-state index contributed by atoms with van der Waals surface area (Å²) in [6, 6.07) is 17.5. The van der Waals surface area contributed by atoms with Gasteiger partial charge in [-0.2, -0.15) is 0 Å². The molecule has 6 nitrogen and oxygen atoms in total. The molecule has 35 heavy (non-hydrogen) atoms. The molecule has 1 aliphatic rings. The van der Waals surface area contributed by atoms with Crippen LogP contribution in [0.4, 0.5) is 0 Å². The molecule has 182 valence electrons. The Morgan fingerprint density at radius 1 is 1.09 bits per heavy atom. The number of para-hydroxylation sites is 1. The van der Waals surface area contributed by atoms with Crippen molar-refractivity contribution in [3.8, 4) is 5.75 Å². The number of nitrogens with zero attached hydrogens (tertiary/aromatic N) is 2. The number of piperidine rings is 1. The molecule has 1 aromatic heterocycles. The largest absolute Gasteiger partial charge is 0.496 e. The molecule has 0 aliphatic carbocycles. The maximum absolute atomic E-state index is 13.1. The monoisotopic (exact) mass is 489 g/mol. The third-order valence-corrected chi connectivity index (χ3v) is 7.47. The van der Waals surface area contributed by atoms with E-state index in [1.54, 1.807) is 19.4 Å². The highest BCUT2D eigenvalue weighted by Gasteiger charge is 2.25. The minimum Gasteiger partial charge on any atom is -0.496 e. The quantitative estimate of drug-likeness (QED) is 0.515. The summed E-state index contributed by atoms with van der Waals surface area (Å²) in [5.74, 6) is 0.692. The molecule has 0 radical (unpaired) electrons. The Kier molecular flexibility index (Phi) is 8.08. The fourth-order valence-electron chi connectivity index (χ4n) is 4.32. The maximum atomic E-state index is 13.1. The number of nitrogens with one attached hydrogen (secondary N) is 1. The number of likely N-dealkylation sites (tertiary alicyclic amines) is 1. The summed E-state index contributed by atoms with van der Waals surface area (Å²) in [7, 11) is 1.62. The van der Waals surface area contributed by atoms with E-state index < -0.39 is 0 Å². The molecule has 3 aromatic rings. The molecule has 7 heteroatoms. The molecule has 2 heterocycles. The maximum Gasteiger partial charge on any atom is 0.254 e. The Bertz CT molecular complexity index is 1210. The lowest BCUT2D eigenvalue weighted by molar-refractivity contribution is -0.131. The number of carbonyl (C=O) groups is 2. The van der Waals surface area contributed by atoms with Crippen LogP contribution in [0, 0.1) is 13.8 Å². The lowest BCUT2D eigenvalue weighted by Crippen LogP contribution is -2.47. The summed E-state index contributed by atoms with van der Waals surface area (Å²) in [6.45, 7) is 5.38. The van der Waals surface area contributed by atoms with E-state index >= 15 is 0 Å². The van der Waals surface area contributed by atoms with Gasteiger partial charge in [0.1, 0.15) is 10.8 Å². The standard InChI is InChI=1S/C28H31N3O3S/c1-19-10-11-25(20(2)17-19)35-28-23(8-6-14-29-28)27(33)30-22-12-15-31(16-13-22)26(32)18-21-7-4-5-9-24(21)34-3/h4-11,14,17,22H,12-13,15-16,18H2,1-3H3,(H,30,33). The number of methoxy groups -OCH3 is 1. The van der Waals surface area contributed by atoms with Gasteiger partial charge in [0.25, 0.3) is 5.91 Å². The van der Waals surface area contributed by atoms with Crippen LogP contribution < -0.4 is 10.1 Å². The van der Waals surface area contributed by atoms with Crippen LogP contribution in [-0.2, 0) is 11.2 Å². The first-order valence-corrected chi connectivity index (χ1v) is 12.7. The molecule has 1 N–H and O–H groups in total. The predicted molar refractivity (Wildman–Crippen MR) is 138 cm³/mol. The smallest absolute Gasteiger partial charge is 0.254 e. The van der Waals surface area contributed by atoms with Gasteiger partial charge in [-0.1, -0.05) is 47.7 Å². The minimum atomic E-state index is -0.121. The number of pyridine rings is 1. The first-order valence-electron chi connectivity index (χ1n) is 11.8. The third kappa shape index (κ3) is 6.22. The van der Waals surface area contributed by atoms with Gasteiger partial charge in [-0.3, -0.25) is 9.59 Å². The van der Waals surface area contributed by atoms with Gasteiger partial charge in [0.2, 0.25) is 5.91 Å². The van der Waals surface area contributed by atoms with Gasteiger partial charge < -0.3 is 15.0 Å². The average Bonchev–Trinajstić information content (AvgIpc) is 2.86. The normalized spacial score (nSPS) is 14.0. The number of amides is 2. The van der Waals surface area contributed by atoms with Crippen LogP contribution in [0.1, 0.15) is 39.9 Å². The molecule has 0 bridgehead atoms. The third-order valence-electron chi connectivity index (χ3n) is 6.27. The number of aryl methyl sites for hydroxylation is 2. The number of carbonyl (C=O) groups excluding carboxylic acids is 2. The zero-order chi connectivity index (χ0) is 24.8. The Hall–Kier alpha value is -3.32. The second-order valence-corrected chi connectivity index (χ2v) is 9.87. The van der Waals surface area contributed by atoms with E-state index in [0.29, 0.717) is 30.1 Å². The van der Waals surface area contributed by atoms with Crippen LogP contribution in [0.2, 0.25) is 0 Å². The Balaban J connectivity index is 1.34. The van der Waals surface area contributed by atoms with Crippen molar-refractivity contribution in [3.05, 3.63) is 83.0 Å². The summed E-state index contributed by atoms with van der Waals surface area (Å²) >= 11 is 1.51. The van der Waals surface area contributed by atoms with Crippen molar-refractivity contribution in [1.82, 2.24) is 15.2 Å². The molecular weight excluding hydrogens is 458 g/mol. The topological polar surface area (TPSA) is 71.5 Å². The Morgan fingerprint density at radius 2 is 1.86 bits per heavy atom. The van der Waals surface area contributed by atoms with Crippen LogP contribution in [0.15, 0.2) is 70.7 Å². The molecule has 1 saturated heterocycles. The van der Waals surface area contributed by atoms with E-state index in [1.165, 1.54) is 17.3 Å². The van der Waals surface area contributed by atoms with Crippen molar-refractivity contribution < 1.29 is 14.3 Å². The van der Waals surface area contributed by atoms with Crippen LogP contribution in [-0.4, -0.2) is 47.9 Å². The highest BCUT2D eigenvalue weighted by Crippen LogP contribution is 2.31. The molecule has 4 rings (SSSR count). The number of ether oxygens (including phenoxy) is 1. The molecular formula is C28H31N3O3S. The molecule has 0 spiro atoms. The van der Waals surface area contributed by atoms with E-state index in [1.807, 2.05) is 35.2 Å². The Labute approximate surface area is 211 Å². The number of benzene rings is 2. The van der Waals surface area contributed by atoms with Gasteiger partial charge in [-0.25, -0.2) is 4.98 Å². The van der Waals surface area contributed by atoms with Crippen molar-refractivity contribution in [2.75, 3.05) is 20.2 Å². The summed E-state index contributed by atoms with van der Waals surface area (Å²) in [4.78, 5) is 33.4. The number of rotatable bonds is 7. The van der Waals surface area contributed by atoms with E-state index in [0.717, 1.165) is 34.6 Å². The average molecular weight is 490 g/mol. The predicted octanol–water partition coefficient (Wildman–Crippen LogP) is 4.82. The number of hydrogen-bond acceptors (Lipinski definition) is 5. The summed E-state index contributed by atoms with van der Waals surface area (Å²) in [6.07, 6.45) is 3.48. The zero-order valence-electron chi connectivity index (χ0n) is 20.4. The fraction of sp³-hybridized carbons (Fsp3) is 0.321. The molecule has 0 unspecified atom stereocenters. The van der Waals surface area contributed by atoms with Crippen molar-refractivity contribution >= 4 is 23.6 Å². The highest BCUT2D eigenvalue weighted by atomic mass is 32.2. The summed E-state index contributed by atoms with van der Waals surface area (Å²) in [5.41, 5.74) is 3.84. The summed E-state index contributed by atoms with van der Waals surface area (Å²) < 4.78 is 5.37.